The molecular formula is C19H15ClFN3O2S. The van der Waals surface area contributed by atoms with Crippen LogP contribution in [0.3, 0.4) is 0 Å². The number of aromatic nitrogens is 2. The van der Waals surface area contributed by atoms with Crippen LogP contribution in [0.15, 0.2) is 42.5 Å². The lowest BCUT2D eigenvalue weighted by Gasteiger charge is -2.12. The third kappa shape index (κ3) is 3.28. The number of hydrogen-bond acceptors (Lipinski definition) is 4. The van der Waals surface area contributed by atoms with Gasteiger partial charge in [-0.05, 0) is 36.4 Å². The quantitative estimate of drug-likeness (QED) is 0.687. The maximum Gasteiger partial charge on any atom is 0.261 e. The maximum absolute atomic E-state index is 14.1. The van der Waals surface area contributed by atoms with Crippen LogP contribution in [-0.2, 0) is 11.5 Å². The van der Waals surface area contributed by atoms with Gasteiger partial charge in [-0.1, -0.05) is 17.7 Å². The van der Waals surface area contributed by atoms with Crippen LogP contribution in [0.5, 0.6) is 5.75 Å². The van der Waals surface area contributed by atoms with Crippen molar-refractivity contribution >= 4 is 35.1 Å². The van der Waals surface area contributed by atoms with Crippen LogP contribution >= 0.6 is 23.4 Å². The summed E-state index contributed by atoms with van der Waals surface area (Å²) in [5.74, 6) is 1.48. The van der Waals surface area contributed by atoms with Gasteiger partial charge in [0.15, 0.2) is 0 Å². The molecule has 0 spiro atoms. The first-order valence-electron chi connectivity index (χ1n) is 8.17. The highest BCUT2D eigenvalue weighted by molar-refractivity contribution is 7.98. The van der Waals surface area contributed by atoms with Gasteiger partial charge in [-0.3, -0.25) is 4.79 Å². The number of hydrogen-bond donors (Lipinski definition) is 1. The SMILES string of the molecule is COc1ccc(-n2nc3c(c2NC(=O)c2c(F)cccc2Cl)CSC3)cc1. The Morgan fingerprint density at radius 2 is 2.04 bits per heavy atom. The fourth-order valence-electron chi connectivity index (χ4n) is 2.94. The smallest absolute Gasteiger partial charge is 0.261 e. The number of thioether (sulfide) groups is 1. The average molecular weight is 404 g/mol. The molecule has 2 heterocycles. The van der Waals surface area contributed by atoms with Gasteiger partial charge in [-0.2, -0.15) is 16.9 Å². The normalized spacial score (nSPS) is 12.7. The summed E-state index contributed by atoms with van der Waals surface area (Å²) in [5.41, 5.74) is 2.44. The number of carbonyl (C=O) groups excluding carboxylic acids is 1. The van der Waals surface area contributed by atoms with Crippen molar-refractivity contribution in [1.82, 2.24) is 9.78 Å². The van der Waals surface area contributed by atoms with Crippen molar-refractivity contribution < 1.29 is 13.9 Å². The number of methoxy groups -OCH3 is 1. The molecule has 0 saturated heterocycles. The molecule has 1 N–H and O–H groups in total. The van der Waals surface area contributed by atoms with Crippen LogP contribution in [0, 0.1) is 5.82 Å². The van der Waals surface area contributed by atoms with E-state index >= 15 is 0 Å². The second kappa shape index (κ2) is 7.25. The van der Waals surface area contributed by atoms with E-state index in [-0.39, 0.29) is 10.6 Å². The molecule has 1 aromatic heterocycles. The predicted molar refractivity (Wildman–Crippen MR) is 104 cm³/mol. The summed E-state index contributed by atoms with van der Waals surface area (Å²) in [6.45, 7) is 0. The standard InChI is InChI=1S/C19H15ClFN3O2S/c1-26-12-7-5-11(6-8-12)24-18(13-9-27-10-16(13)23-24)22-19(25)17-14(20)3-2-4-15(17)21/h2-8H,9-10H2,1H3,(H,22,25). The van der Waals surface area contributed by atoms with Gasteiger partial charge < -0.3 is 10.1 Å². The molecule has 0 radical (unpaired) electrons. The first-order chi connectivity index (χ1) is 13.1. The van der Waals surface area contributed by atoms with Gasteiger partial charge in [0.25, 0.3) is 5.91 Å². The molecule has 0 bridgehead atoms. The molecule has 2 aromatic carbocycles. The maximum atomic E-state index is 14.1. The van der Waals surface area contributed by atoms with E-state index in [4.69, 9.17) is 16.3 Å². The van der Waals surface area contributed by atoms with Gasteiger partial charge in [-0.25, -0.2) is 9.07 Å². The number of nitrogens with zero attached hydrogens (tertiary/aromatic N) is 2. The number of ether oxygens (including phenoxy) is 1. The summed E-state index contributed by atoms with van der Waals surface area (Å²) in [7, 11) is 1.60. The van der Waals surface area contributed by atoms with Gasteiger partial charge in [0, 0.05) is 17.1 Å². The summed E-state index contributed by atoms with van der Waals surface area (Å²) < 4.78 is 21.0. The Morgan fingerprint density at radius 3 is 2.74 bits per heavy atom. The van der Waals surface area contributed by atoms with Crippen molar-refractivity contribution in [3.63, 3.8) is 0 Å². The van der Waals surface area contributed by atoms with Gasteiger partial charge in [0.2, 0.25) is 0 Å². The Morgan fingerprint density at radius 1 is 1.26 bits per heavy atom. The van der Waals surface area contributed by atoms with Crippen LogP contribution in [0.25, 0.3) is 5.69 Å². The molecule has 1 aliphatic heterocycles. The minimum atomic E-state index is -0.665. The van der Waals surface area contributed by atoms with Crippen LogP contribution in [0.4, 0.5) is 10.2 Å². The van der Waals surface area contributed by atoms with E-state index in [1.807, 2.05) is 24.3 Å². The molecule has 1 aliphatic rings. The van der Waals surface area contributed by atoms with Crippen LogP contribution in [-0.4, -0.2) is 22.8 Å². The number of nitrogens with one attached hydrogen (secondary N) is 1. The molecule has 1 amide bonds. The van der Waals surface area contributed by atoms with Crippen molar-refractivity contribution in [2.45, 2.75) is 11.5 Å². The van der Waals surface area contributed by atoms with Crippen molar-refractivity contribution in [2.24, 2.45) is 0 Å². The zero-order valence-corrected chi connectivity index (χ0v) is 15.9. The lowest BCUT2D eigenvalue weighted by molar-refractivity contribution is 0.102. The lowest BCUT2D eigenvalue weighted by atomic mass is 10.2. The van der Waals surface area contributed by atoms with Crippen molar-refractivity contribution in [3.8, 4) is 11.4 Å². The molecule has 0 saturated carbocycles. The number of amides is 1. The van der Waals surface area contributed by atoms with Gasteiger partial charge in [-0.15, -0.1) is 0 Å². The third-order valence-corrected chi connectivity index (χ3v) is 5.58. The topological polar surface area (TPSA) is 56.1 Å². The summed E-state index contributed by atoms with van der Waals surface area (Å²) in [4.78, 5) is 12.7. The van der Waals surface area contributed by atoms with E-state index in [1.165, 1.54) is 18.2 Å². The lowest BCUT2D eigenvalue weighted by Crippen LogP contribution is -2.18. The van der Waals surface area contributed by atoms with Crippen LogP contribution < -0.4 is 10.1 Å². The number of rotatable bonds is 4. The van der Waals surface area contributed by atoms with Gasteiger partial charge in [0.05, 0.1) is 29.1 Å². The number of benzene rings is 2. The second-order valence-corrected chi connectivity index (χ2v) is 7.32. The molecule has 0 fully saturated rings. The second-order valence-electron chi connectivity index (χ2n) is 5.93. The van der Waals surface area contributed by atoms with Crippen molar-refractivity contribution in [1.29, 1.82) is 0 Å². The van der Waals surface area contributed by atoms with Gasteiger partial charge in [0.1, 0.15) is 17.4 Å². The Bertz CT molecular complexity index is 1000. The summed E-state index contributed by atoms with van der Waals surface area (Å²) in [5, 5.41) is 7.49. The third-order valence-electron chi connectivity index (χ3n) is 4.29. The fourth-order valence-corrected chi connectivity index (χ4v) is 4.22. The number of anilines is 1. The average Bonchev–Trinajstić information content (AvgIpc) is 3.24. The molecule has 138 valence electrons. The van der Waals surface area contributed by atoms with E-state index in [9.17, 15) is 9.18 Å². The zero-order valence-electron chi connectivity index (χ0n) is 14.3. The molecule has 5 nitrogen and oxygen atoms in total. The van der Waals surface area contributed by atoms with E-state index < -0.39 is 11.7 Å². The molecular weight excluding hydrogens is 389 g/mol. The molecule has 0 atom stereocenters. The minimum Gasteiger partial charge on any atom is -0.497 e. The number of halogens is 2. The Balaban J connectivity index is 1.74. The largest absolute Gasteiger partial charge is 0.497 e. The van der Waals surface area contributed by atoms with E-state index in [0.717, 1.165) is 34.2 Å². The molecule has 4 rings (SSSR count). The molecule has 0 aliphatic carbocycles. The van der Waals surface area contributed by atoms with E-state index in [2.05, 4.69) is 10.4 Å². The number of carbonyl (C=O) groups is 1. The molecule has 0 unspecified atom stereocenters. The molecule has 3 aromatic rings. The Kier molecular flexibility index (Phi) is 4.80. The minimum absolute atomic E-state index is 0.0639. The highest BCUT2D eigenvalue weighted by Gasteiger charge is 2.26. The Hall–Kier alpha value is -2.51. The predicted octanol–water partition coefficient (Wildman–Crippen LogP) is 4.67. The van der Waals surface area contributed by atoms with Crippen molar-refractivity contribution in [2.75, 3.05) is 12.4 Å². The van der Waals surface area contributed by atoms with Crippen LogP contribution in [0.2, 0.25) is 5.02 Å². The fraction of sp³-hybridized carbons (Fsp3) is 0.158. The highest BCUT2D eigenvalue weighted by atomic mass is 35.5. The monoisotopic (exact) mass is 403 g/mol. The van der Waals surface area contributed by atoms with Crippen LogP contribution in [0.1, 0.15) is 21.6 Å². The van der Waals surface area contributed by atoms with E-state index in [0.29, 0.717) is 5.82 Å². The first-order valence-corrected chi connectivity index (χ1v) is 9.70. The molecule has 27 heavy (non-hydrogen) atoms. The van der Waals surface area contributed by atoms with Crippen molar-refractivity contribution in [3.05, 3.63) is 70.1 Å². The molecule has 8 heteroatoms. The van der Waals surface area contributed by atoms with E-state index in [1.54, 1.807) is 23.6 Å². The number of fused-ring (bicyclic) bond motifs is 1. The summed E-state index contributed by atoms with van der Waals surface area (Å²) in [6, 6.07) is 11.5. The summed E-state index contributed by atoms with van der Waals surface area (Å²) >= 11 is 7.75. The highest BCUT2D eigenvalue weighted by Crippen LogP contribution is 2.36. The Labute approximate surface area is 164 Å². The summed E-state index contributed by atoms with van der Waals surface area (Å²) in [6.07, 6.45) is 0. The first kappa shape index (κ1) is 17.9. The zero-order chi connectivity index (χ0) is 19.0. The van der Waals surface area contributed by atoms with Gasteiger partial charge >= 0.3 is 0 Å².